The molecule has 0 amide bonds. The van der Waals surface area contributed by atoms with Gasteiger partial charge in [0.2, 0.25) is 0 Å². The molecule has 1 N–H and O–H groups in total. The molecule has 0 saturated carbocycles. The van der Waals surface area contributed by atoms with Crippen molar-refractivity contribution in [1.82, 2.24) is 0 Å². The number of carbonyl (C=O) groups excluding carboxylic acids is 1. The molecular weight excluding hydrogens is 337 g/mol. The van der Waals surface area contributed by atoms with Crippen LogP contribution in [0, 0.1) is 24.1 Å². The Kier molecular flexibility index (Phi) is 5.53. The van der Waals surface area contributed by atoms with E-state index in [1.807, 2.05) is 6.07 Å². The van der Waals surface area contributed by atoms with Crippen molar-refractivity contribution in [3.05, 3.63) is 40.7 Å². The molecule has 0 aromatic heterocycles. The summed E-state index contributed by atoms with van der Waals surface area (Å²) in [5, 5.41) is 20.1. The summed E-state index contributed by atoms with van der Waals surface area (Å²) < 4.78 is 25.8. The van der Waals surface area contributed by atoms with E-state index in [1.165, 1.54) is 25.1 Å². The van der Waals surface area contributed by atoms with Crippen LogP contribution in [0.4, 0.5) is 4.39 Å². The molecular formula is C20H22FNO4. The predicted octanol–water partition coefficient (Wildman–Crippen LogP) is 4.28. The molecule has 6 heteroatoms. The van der Waals surface area contributed by atoms with Crippen LogP contribution in [-0.2, 0) is 14.3 Å². The summed E-state index contributed by atoms with van der Waals surface area (Å²) >= 11 is 0. The minimum atomic E-state index is -1.27. The minimum absolute atomic E-state index is 0.0353. The zero-order valence-electron chi connectivity index (χ0n) is 15.5. The molecule has 1 unspecified atom stereocenters. The van der Waals surface area contributed by atoms with Gasteiger partial charge in [0, 0.05) is 16.3 Å². The molecule has 5 nitrogen and oxygen atoms in total. The summed E-state index contributed by atoms with van der Waals surface area (Å²) in [6, 6.07) is 6.24. The van der Waals surface area contributed by atoms with Crippen LogP contribution in [0.3, 0.4) is 0 Å². The maximum absolute atomic E-state index is 15.0. The van der Waals surface area contributed by atoms with Crippen molar-refractivity contribution in [1.29, 1.82) is 5.26 Å². The first-order valence-electron chi connectivity index (χ1n) is 8.30. The van der Waals surface area contributed by atoms with Gasteiger partial charge in [-0.15, -0.1) is 0 Å². The van der Waals surface area contributed by atoms with Crippen molar-refractivity contribution in [2.75, 3.05) is 6.61 Å². The van der Waals surface area contributed by atoms with Crippen molar-refractivity contribution in [3.63, 3.8) is 0 Å². The molecule has 0 saturated heterocycles. The van der Waals surface area contributed by atoms with Gasteiger partial charge in [0.05, 0.1) is 23.8 Å². The monoisotopic (exact) mass is 359 g/mol. The number of nitriles is 1. The van der Waals surface area contributed by atoms with E-state index in [1.54, 1.807) is 27.7 Å². The molecule has 0 radical (unpaired) electrons. The molecule has 138 valence electrons. The highest BCUT2D eigenvalue weighted by molar-refractivity contribution is 5.93. The number of carbonyl (C=O) groups is 1. The lowest BCUT2D eigenvalue weighted by Crippen LogP contribution is -2.29. The molecule has 0 aliphatic carbocycles. The minimum Gasteiger partial charge on any atom is -0.507 e. The lowest BCUT2D eigenvalue weighted by molar-refractivity contribution is -0.167. The third-order valence-electron chi connectivity index (χ3n) is 3.86. The number of phenolic OH excluding ortho intramolecular Hbond substituents is 1. The van der Waals surface area contributed by atoms with Crippen molar-refractivity contribution < 1.29 is 23.8 Å². The van der Waals surface area contributed by atoms with E-state index < -0.39 is 23.5 Å². The topological polar surface area (TPSA) is 79.5 Å². The second-order valence-corrected chi connectivity index (χ2v) is 6.94. The number of rotatable bonds is 4. The second-order valence-electron chi connectivity index (χ2n) is 6.94. The summed E-state index contributed by atoms with van der Waals surface area (Å²) in [6.07, 6.45) is -1.27. The molecule has 26 heavy (non-hydrogen) atoms. The van der Waals surface area contributed by atoms with Gasteiger partial charge in [-0.05, 0) is 58.4 Å². The summed E-state index contributed by atoms with van der Waals surface area (Å²) in [5.41, 5.74) is -0.344. The Morgan fingerprint density at radius 1 is 1.35 bits per heavy atom. The second kappa shape index (κ2) is 7.30. The summed E-state index contributed by atoms with van der Waals surface area (Å²) in [5.74, 6) is -1.57. The first-order valence-corrected chi connectivity index (χ1v) is 8.30. The highest BCUT2D eigenvalue weighted by atomic mass is 19.1. The number of fused-ring (bicyclic) bond motifs is 1. The van der Waals surface area contributed by atoms with E-state index in [9.17, 15) is 14.3 Å². The quantitative estimate of drug-likeness (QED) is 0.824. The third kappa shape index (κ3) is 3.78. The average molecular weight is 359 g/mol. The highest BCUT2D eigenvalue weighted by Gasteiger charge is 2.34. The third-order valence-corrected chi connectivity index (χ3v) is 3.86. The van der Waals surface area contributed by atoms with E-state index in [2.05, 4.69) is 0 Å². The molecule has 1 atom stereocenters. The van der Waals surface area contributed by atoms with Crippen molar-refractivity contribution in [2.24, 2.45) is 0 Å². The van der Waals surface area contributed by atoms with Crippen molar-refractivity contribution in [3.8, 4) is 11.8 Å². The zero-order chi connectivity index (χ0) is 19.6. The fourth-order valence-corrected chi connectivity index (χ4v) is 2.76. The number of aromatic hydroxyl groups is 1. The van der Waals surface area contributed by atoms with Gasteiger partial charge in [0.15, 0.2) is 6.10 Å². The molecule has 0 spiro atoms. The van der Waals surface area contributed by atoms with Crippen LogP contribution >= 0.6 is 0 Å². The highest BCUT2D eigenvalue weighted by Crippen LogP contribution is 2.41. The van der Waals surface area contributed by atoms with Gasteiger partial charge >= 0.3 is 5.97 Å². The van der Waals surface area contributed by atoms with Gasteiger partial charge in [-0.2, -0.15) is 5.26 Å². The number of phenols is 1. The van der Waals surface area contributed by atoms with Gasteiger partial charge < -0.3 is 14.6 Å². The molecule has 2 aromatic rings. The smallest absolute Gasteiger partial charge is 0.340 e. The van der Waals surface area contributed by atoms with Gasteiger partial charge in [-0.1, -0.05) is 0 Å². The number of halogens is 1. The van der Waals surface area contributed by atoms with Crippen LogP contribution in [0.25, 0.3) is 10.8 Å². The van der Waals surface area contributed by atoms with Crippen LogP contribution in [0.5, 0.6) is 5.75 Å². The Labute approximate surface area is 152 Å². The SMILES string of the molecule is CCOC(=O)C(OC(C)(C)C)c1c(C)c(F)c2cc(C#N)ccc2c1O. The van der Waals surface area contributed by atoms with Gasteiger partial charge in [0.1, 0.15) is 11.6 Å². The number of benzene rings is 2. The molecule has 0 bridgehead atoms. The predicted molar refractivity (Wildman–Crippen MR) is 95.2 cm³/mol. The Bertz CT molecular complexity index is 894. The number of ether oxygens (including phenoxy) is 2. The molecule has 0 fully saturated rings. The largest absolute Gasteiger partial charge is 0.507 e. The Morgan fingerprint density at radius 3 is 2.54 bits per heavy atom. The maximum Gasteiger partial charge on any atom is 0.340 e. The number of esters is 1. The van der Waals surface area contributed by atoms with E-state index in [0.29, 0.717) is 0 Å². The first-order chi connectivity index (χ1) is 12.1. The van der Waals surface area contributed by atoms with Crippen molar-refractivity contribution in [2.45, 2.75) is 46.3 Å². The van der Waals surface area contributed by atoms with Crippen LogP contribution in [0.1, 0.15) is 50.5 Å². The zero-order valence-corrected chi connectivity index (χ0v) is 15.5. The van der Waals surface area contributed by atoms with Crippen LogP contribution in [0.2, 0.25) is 0 Å². The standard InChI is InChI=1S/C20H22FNO4/c1-6-25-19(24)18(26-20(3,4)5)15-11(2)16(21)14-9-12(10-22)7-8-13(14)17(15)23/h7-9,18,23H,6H2,1-5H3. The lowest BCUT2D eigenvalue weighted by Gasteiger charge is -2.28. The van der Waals surface area contributed by atoms with Crippen molar-refractivity contribution >= 4 is 16.7 Å². The fraction of sp³-hybridized carbons (Fsp3) is 0.400. The van der Waals surface area contributed by atoms with E-state index in [0.717, 1.165) is 0 Å². The molecule has 0 heterocycles. The number of nitrogens with zero attached hydrogens (tertiary/aromatic N) is 1. The van der Waals surface area contributed by atoms with Crippen LogP contribution < -0.4 is 0 Å². The summed E-state index contributed by atoms with van der Waals surface area (Å²) in [6.45, 7) is 8.50. The van der Waals surface area contributed by atoms with E-state index >= 15 is 0 Å². The van der Waals surface area contributed by atoms with Crippen LogP contribution in [0.15, 0.2) is 18.2 Å². The Morgan fingerprint density at radius 2 is 2.00 bits per heavy atom. The van der Waals surface area contributed by atoms with Gasteiger partial charge in [0.25, 0.3) is 0 Å². The summed E-state index contributed by atoms with van der Waals surface area (Å²) in [7, 11) is 0. The number of hydrogen-bond acceptors (Lipinski definition) is 5. The molecule has 0 aliphatic heterocycles. The van der Waals surface area contributed by atoms with Crippen LogP contribution in [-0.4, -0.2) is 23.3 Å². The fourth-order valence-electron chi connectivity index (χ4n) is 2.76. The Hall–Kier alpha value is -2.65. The molecule has 2 aromatic carbocycles. The Balaban J connectivity index is 2.76. The first kappa shape index (κ1) is 19.7. The van der Waals surface area contributed by atoms with E-state index in [-0.39, 0.29) is 39.8 Å². The number of hydrogen-bond donors (Lipinski definition) is 1. The summed E-state index contributed by atoms with van der Waals surface area (Å²) in [4.78, 5) is 12.4. The lowest BCUT2D eigenvalue weighted by atomic mass is 9.94. The van der Waals surface area contributed by atoms with Gasteiger partial charge in [-0.25, -0.2) is 9.18 Å². The molecule has 2 rings (SSSR count). The molecule has 0 aliphatic rings. The normalized spacial score (nSPS) is 12.7. The average Bonchev–Trinajstić information content (AvgIpc) is 2.57. The maximum atomic E-state index is 15.0. The van der Waals surface area contributed by atoms with Gasteiger partial charge in [-0.3, -0.25) is 0 Å². The van der Waals surface area contributed by atoms with E-state index in [4.69, 9.17) is 14.7 Å².